The monoisotopic (exact) mass is 628 g/mol. The number of carbonyl (C=O) groups is 1. The van der Waals surface area contributed by atoms with Crippen LogP contribution in [0, 0.1) is 5.92 Å². The Hall–Kier alpha value is -3.59. The van der Waals surface area contributed by atoms with Gasteiger partial charge in [0.2, 0.25) is 0 Å². The Labute approximate surface area is 277 Å². The number of pyridine rings is 1. The molecular formula is C38H56N6O2. The summed E-state index contributed by atoms with van der Waals surface area (Å²) in [6, 6.07) is 11.9. The number of likely N-dealkylation sites (tertiary alicyclic amines) is 1. The van der Waals surface area contributed by atoms with Crippen molar-refractivity contribution in [3.05, 3.63) is 88.4 Å². The van der Waals surface area contributed by atoms with Crippen molar-refractivity contribution in [2.45, 2.75) is 93.2 Å². The SMILES string of the molecule is CC/C(C)=C/N=C1\NC(c2ccc(NC(=O)c3cc(CN4CCCC(N)C4)ccn3)cc2)=C\C1=C(\C)C(C)C.CCCOCCC. The predicted molar refractivity (Wildman–Crippen MR) is 193 cm³/mol. The maximum absolute atomic E-state index is 13.0. The van der Waals surface area contributed by atoms with Gasteiger partial charge in [-0.3, -0.25) is 14.7 Å². The molecule has 4 rings (SSSR count). The van der Waals surface area contributed by atoms with Gasteiger partial charge >= 0.3 is 0 Å². The number of aromatic nitrogens is 1. The first-order valence-electron chi connectivity index (χ1n) is 17.0. The van der Waals surface area contributed by atoms with Crippen LogP contribution in [0.2, 0.25) is 0 Å². The van der Waals surface area contributed by atoms with Crippen molar-refractivity contribution in [2.75, 3.05) is 31.6 Å². The first kappa shape index (κ1) is 36.9. The van der Waals surface area contributed by atoms with E-state index >= 15 is 0 Å². The molecule has 8 heteroatoms. The molecule has 250 valence electrons. The minimum Gasteiger partial charge on any atom is -0.381 e. The van der Waals surface area contributed by atoms with Crippen LogP contribution in [-0.4, -0.2) is 54.0 Å². The molecule has 1 fully saturated rings. The van der Waals surface area contributed by atoms with Crippen LogP contribution in [0.3, 0.4) is 0 Å². The number of amidine groups is 1. The average Bonchev–Trinajstić information content (AvgIpc) is 3.48. The van der Waals surface area contributed by atoms with Gasteiger partial charge in [-0.1, -0.05) is 57.9 Å². The second kappa shape index (κ2) is 19.2. The van der Waals surface area contributed by atoms with Gasteiger partial charge in [0.05, 0.1) is 0 Å². The summed E-state index contributed by atoms with van der Waals surface area (Å²) in [5.74, 6) is 1.07. The molecule has 2 aliphatic heterocycles. The molecule has 0 radical (unpaired) electrons. The number of hydrogen-bond donors (Lipinski definition) is 3. The van der Waals surface area contributed by atoms with Crippen LogP contribution in [0.25, 0.3) is 5.70 Å². The summed E-state index contributed by atoms with van der Waals surface area (Å²) in [7, 11) is 0. The second-order valence-electron chi connectivity index (χ2n) is 12.6. The molecule has 1 atom stereocenters. The molecule has 46 heavy (non-hydrogen) atoms. The second-order valence-corrected chi connectivity index (χ2v) is 12.6. The first-order valence-corrected chi connectivity index (χ1v) is 17.0. The number of rotatable bonds is 12. The van der Waals surface area contributed by atoms with Crippen molar-refractivity contribution >= 4 is 23.1 Å². The van der Waals surface area contributed by atoms with Crippen LogP contribution in [0.15, 0.2) is 76.6 Å². The van der Waals surface area contributed by atoms with Crippen molar-refractivity contribution in [3.8, 4) is 0 Å². The van der Waals surface area contributed by atoms with E-state index in [0.717, 1.165) is 98.9 Å². The summed E-state index contributed by atoms with van der Waals surface area (Å²) in [6.07, 6.45) is 11.3. The van der Waals surface area contributed by atoms with Crippen molar-refractivity contribution < 1.29 is 9.53 Å². The number of carbonyl (C=O) groups excluding carboxylic acids is 1. The maximum Gasteiger partial charge on any atom is 0.274 e. The zero-order valence-corrected chi connectivity index (χ0v) is 29.2. The predicted octanol–water partition coefficient (Wildman–Crippen LogP) is 7.71. The maximum atomic E-state index is 13.0. The molecule has 1 amide bonds. The zero-order valence-electron chi connectivity index (χ0n) is 29.2. The van der Waals surface area contributed by atoms with E-state index in [1.807, 2.05) is 42.6 Å². The summed E-state index contributed by atoms with van der Waals surface area (Å²) in [5, 5.41) is 6.49. The van der Waals surface area contributed by atoms with Crippen molar-refractivity contribution in [3.63, 3.8) is 0 Å². The van der Waals surface area contributed by atoms with Gasteiger partial charge in [0.15, 0.2) is 0 Å². The minimum atomic E-state index is -0.219. The van der Waals surface area contributed by atoms with Gasteiger partial charge in [-0.25, -0.2) is 4.99 Å². The normalized spacial score (nSPS) is 19.0. The summed E-state index contributed by atoms with van der Waals surface area (Å²) < 4.78 is 5.13. The van der Waals surface area contributed by atoms with Crippen LogP contribution in [0.4, 0.5) is 5.69 Å². The van der Waals surface area contributed by atoms with E-state index in [2.05, 4.69) is 75.1 Å². The fourth-order valence-corrected chi connectivity index (χ4v) is 5.09. The van der Waals surface area contributed by atoms with Crippen LogP contribution >= 0.6 is 0 Å². The highest BCUT2D eigenvalue weighted by Crippen LogP contribution is 2.27. The number of nitrogens with zero attached hydrogens (tertiary/aromatic N) is 3. The molecule has 1 aromatic carbocycles. The Morgan fingerprint density at radius 1 is 1.15 bits per heavy atom. The zero-order chi connectivity index (χ0) is 33.5. The number of benzene rings is 1. The average molecular weight is 629 g/mol. The number of allylic oxidation sites excluding steroid dienone is 2. The Morgan fingerprint density at radius 3 is 2.50 bits per heavy atom. The fourth-order valence-electron chi connectivity index (χ4n) is 5.09. The molecule has 8 nitrogen and oxygen atoms in total. The molecule has 4 N–H and O–H groups in total. The minimum absolute atomic E-state index is 0.219. The molecule has 1 unspecified atom stereocenters. The summed E-state index contributed by atoms with van der Waals surface area (Å²) in [4.78, 5) is 24.4. The molecule has 2 aromatic rings. The van der Waals surface area contributed by atoms with E-state index < -0.39 is 0 Å². The largest absolute Gasteiger partial charge is 0.381 e. The van der Waals surface area contributed by atoms with Gasteiger partial charge in [0.1, 0.15) is 11.5 Å². The van der Waals surface area contributed by atoms with Crippen LogP contribution in [0.1, 0.15) is 102 Å². The number of anilines is 1. The number of amides is 1. The Bertz CT molecular complexity index is 1390. The highest BCUT2D eigenvalue weighted by molar-refractivity contribution is 6.12. The lowest BCUT2D eigenvalue weighted by Gasteiger charge is -2.30. The van der Waals surface area contributed by atoms with E-state index in [0.29, 0.717) is 11.6 Å². The lowest BCUT2D eigenvalue weighted by atomic mass is 9.98. The first-order chi connectivity index (χ1) is 22.1. The van der Waals surface area contributed by atoms with Gasteiger partial charge in [-0.15, -0.1) is 0 Å². The molecule has 1 aromatic heterocycles. The number of hydrogen-bond acceptors (Lipinski definition) is 6. The third-order valence-electron chi connectivity index (χ3n) is 8.22. The molecule has 0 aliphatic carbocycles. The summed E-state index contributed by atoms with van der Waals surface area (Å²) >= 11 is 0. The number of nitrogens with two attached hydrogens (primary N) is 1. The van der Waals surface area contributed by atoms with Crippen LogP contribution in [-0.2, 0) is 11.3 Å². The van der Waals surface area contributed by atoms with Crippen LogP contribution < -0.4 is 16.4 Å². The van der Waals surface area contributed by atoms with Gasteiger partial charge in [0, 0.05) is 61.7 Å². The smallest absolute Gasteiger partial charge is 0.274 e. The topological polar surface area (TPSA) is 105 Å². The van der Waals surface area contributed by atoms with Gasteiger partial charge in [-0.2, -0.15) is 0 Å². The highest BCUT2D eigenvalue weighted by atomic mass is 16.5. The van der Waals surface area contributed by atoms with Crippen molar-refractivity contribution in [2.24, 2.45) is 16.6 Å². The van der Waals surface area contributed by atoms with E-state index in [9.17, 15) is 4.79 Å². The number of ether oxygens (including phenoxy) is 1. The molecule has 0 spiro atoms. The Morgan fingerprint density at radius 2 is 1.87 bits per heavy atom. The summed E-state index contributed by atoms with van der Waals surface area (Å²) in [5.41, 5.74) is 14.0. The van der Waals surface area contributed by atoms with Gasteiger partial charge in [-0.05, 0) is 99.9 Å². The quantitative estimate of drug-likeness (QED) is 0.208. The lowest BCUT2D eigenvalue weighted by molar-refractivity contribution is 0.102. The number of aliphatic imine (C=N–C) groups is 1. The number of nitrogens with one attached hydrogen (secondary N) is 2. The molecule has 0 saturated carbocycles. The van der Waals surface area contributed by atoms with E-state index in [4.69, 9.17) is 15.5 Å². The van der Waals surface area contributed by atoms with Crippen LogP contribution in [0.5, 0.6) is 0 Å². The molecule has 0 bridgehead atoms. The third kappa shape index (κ3) is 11.6. The fraction of sp³-hybridized carbons (Fsp3) is 0.500. The molecule has 3 heterocycles. The van der Waals surface area contributed by atoms with Gasteiger partial charge in [0.25, 0.3) is 5.91 Å². The Balaban J connectivity index is 0.000000738. The third-order valence-corrected chi connectivity index (χ3v) is 8.22. The molecule has 2 aliphatic rings. The highest BCUT2D eigenvalue weighted by Gasteiger charge is 2.21. The molecule has 1 saturated heterocycles. The van der Waals surface area contributed by atoms with E-state index in [1.165, 1.54) is 11.1 Å². The summed E-state index contributed by atoms with van der Waals surface area (Å²) in [6.45, 7) is 19.6. The number of piperidine rings is 1. The van der Waals surface area contributed by atoms with E-state index in [-0.39, 0.29) is 11.9 Å². The Kier molecular flexibility index (Phi) is 15.4. The van der Waals surface area contributed by atoms with Crippen molar-refractivity contribution in [1.82, 2.24) is 15.2 Å². The van der Waals surface area contributed by atoms with E-state index in [1.54, 1.807) is 6.20 Å². The van der Waals surface area contributed by atoms with Crippen molar-refractivity contribution in [1.29, 1.82) is 0 Å². The lowest BCUT2D eigenvalue weighted by Crippen LogP contribution is -2.42. The molecular weight excluding hydrogens is 572 g/mol. The van der Waals surface area contributed by atoms with Gasteiger partial charge < -0.3 is 21.1 Å². The standard InChI is InChI=1S/C32H42N6O.C6H14O/c1-6-22(4)18-35-31-28(23(5)21(2)3)17-29(37-31)25-9-11-27(12-10-25)36-32(39)30-16-24(13-14-34-30)19-38-15-7-8-26(33)20-38;1-3-5-7-6-4-2/h9-14,16-18,21,26H,6-8,15,19-20,33H2,1-5H3,(H,35,37)(H,36,39);3-6H2,1-2H3/b22-18+,28-23+;.